The molecule has 2 heterocycles. The highest BCUT2D eigenvalue weighted by Gasteiger charge is 2.38. The number of unbranched alkanes of at least 4 members (excludes halogenated alkanes) is 1. The van der Waals surface area contributed by atoms with Gasteiger partial charge in [-0.05, 0) is 87.9 Å². The molecule has 4 aromatic rings. The van der Waals surface area contributed by atoms with Gasteiger partial charge in [0.25, 0.3) is 0 Å². The number of hydrogen-bond acceptors (Lipinski definition) is 15. The lowest BCUT2D eigenvalue weighted by molar-refractivity contribution is -0.136. The molecule has 0 radical (unpaired) electrons. The molecular formula is C50H67N11O10S3. The summed E-state index contributed by atoms with van der Waals surface area (Å²) in [6, 6.07) is 10.9. The molecule has 24 heteroatoms. The Morgan fingerprint density at radius 2 is 1.38 bits per heavy atom. The van der Waals surface area contributed by atoms with Crippen molar-refractivity contribution in [1.29, 1.82) is 0 Å². The summed E-state index contributed by atoms with van der Waals surface area (Å²) in [5.41, 5.74) is 20.4. The summed E-state index contributed by atoms with van der Waals surface area (Å²) >= 11 is 4.43. The predicted molar refractivity (Wildman–Crippen MR) is 287 cm³/mol. The Hall–Kier alpha value is -6.31. The Labute approximate surface area is 442 Å². The number of aliphatic hydroxyl groups excluding tert-OH is 1. The van der Waals surface area contributed by atoms with Gasteiger partial charge in [-0.15, -0.1) is 0 Å². The molecule has 0 spiro atoms. The molecule has 9 atom stereocenters. The van der Waals surface area contributed by atoms with Crippen LogP contribution in [0.3, 0.4) is 0 Å². The Morgan fingerprint density at radius 3 is 2.03 bits per heavy atom. The highest BCUT2D eigenvalue weighted by Crippen LogP contribution is 2.25. The van der Waals surface area contributed by atoms with Crippen LogP contribution in [0.15, 0.2) is 85.1 Å². The molecule has 16 N–H and O–H groups in total. The average molecular weight is 1080 g/mol. The van der Waals surface area contributed by atoms with Crippen LogP contribution in [-0.2, 0) is 57.6 Å². The minimum atomic E-state index is -1.70. The first-order valence-electron chi connectivity index (χ1n) is 24.0. The fourth-order valence-electron chi connectivity index (χ4n) is 7.98. The van der Waals surface area contributed by atoms with Crippen LogP contribution in [0.25, 0.3) is 10.9 Å². The number of benzene rings is 3. The van der Waals surface area contributed by atoms with Gasteiger partial charge in [0, 0.05) is 46.2 Å². The van der Waals surface area contributed by atoms with Gasteiger partial charge >= 0.3 is 0 Å². The molecule has 5 rings (SSSR count). The second kappa shape index (κ2) is 27.8. The lowest BCUT2D eigenvalue weighted by Crippen LogP contribution is -2.63. The van der Waals surface area contributed by atoms with Gasteiger partial charge in [-0.3, -0.25) is 38.4 Å². The number of fused-ring (bicyclic) bond motifs is 1. The number of nitrogens with two attached hydrogens (primary N) is 3. The number of rotatable bonds is 17. The number of thiol groups is 1. The van der Waals surface area contributed by atoms with Gasteiger partial charge in [0.05, 0.1) is 12.1 Å². The van der Waals surface area contributed by atoms with Crippen molar-refractivity contribution in [3.63, 3.8) is 0 Å². The molecule has 3 aromatic carbocycles. The Kier molecular flexibility index (Phi) is 22.0. The van der Waals surface area contributed by atoms with Crippen LogP contribution < -0.4 is 54.4 Å². The third kappa shape index (κ3) is 17.4. The van der Waals surface area contributed by atoms with E-state index in [1.54, 1.807) is 62.5 Å². The number of aromatic nitrogens is 1. The van der Waals surface area contributed by atoms with Crippen molar-refractivity contribution in [2.75, 3.05) is 18.1 Å². The molecule has 0 saturated carbocycles. The summed E-state index contributed by atoms with van der Waals surface area (Å²) in [5, 5.41) is 40.4. The number of primary amides is 1. The maximum atomic E-state index is 14.8. The first-order chi connectivity index (χ1) is 35.1. The van der Waals surface area contributed by atoms with E-state index in [1.165, 1.54) is 19.1 Å². The van der Waals surface area contributed by atoms with Crippen molar-refractivity contribution >= 4 is 92.4 Å². The third-order valence-corrected chi connectivity index (χ3v) is 14.8. The van der Waals surface area contributed by atoms with E-state index in [-0.39, 0.29) is 49.5 Å². The average Bonchev–Trinajstić information content (AvgIpc) is 3.76. The second-order valence-corrected chi connectivity index (χ2v) is 22.3. The lowest BCUT2D eigenvalue weighted by Gasteiger charge is -2.31. The SMILES string of the molecule is C[C@@H](O)[C@@H]1NC(=O)[C@H](CCCCN)NC(=O)[C@@H](Cc2c[nH]c3ccccc23)NC(=O)[C@H](Cc2ccc(O)cc2)NC(=O)[C@@H](NC(=O)[C@H](N)Cc2ccccc2)CSSC[C@@H](C(=O)N[C@H](C(N)=O)C(C)(C)S)NC1=O. The standard InChI is InChI=1S/C50H67N11O10S3/c1-27(62)40-49(71)59-39(48(70)61-41(42(53)64)50(2,3)72)26-74-73-25-38(58-43(65)33(52)21-28-11-5-4-6-12-28)47(69)56-36(22-29-16-18-31(63)19-17-29)45(67)57-37(23-30-24-54-34-14-8-7-13-32(30)34)46(68)55-35(44(66)60-40)15-9-10-20-51/h4-8,11-14,16-19,24,27,33,35-41,54,62-63,72H,9-10,15,20-23,25-26,51-52H2,1-3H3,(H2,53,64)(H,55,68)(H,56,69)(H,57,67)(H,58,65)(H,59,71)(H,60,66)(H,61,70)/t27-,33-,35+,36+,37-,38+,39+,40+,41-/m1/s1. The first kappa shape index (κ1) is 58.6. The number of carbonyl (C=O) groups excluding carboxylic acids is 8. The molecule has 0 bridgehead atoms. The van der Waals surface area contributed by atoms with Gasteiger partial charge in [-0.2, -0.15) is 12.6 Å². The van der Waals surface area contributed by atoms with Gasteiger partial charge < -0.3 is 69.6 Å². The first-order valence-corrected chi connectivity index (χ1v) is 27.0. The Bertz CT molecular complexity index is 2580. The molecule has 8 amide bonds. The number of phenolic OH excluding ortho intramolecular Hbond substituents is 1. The molecule has 21 nitrogen and oxygen atoms in total. The molecule has 1 aliphatic rings. The van der Waals surface area contributed by atoms with E-state index in [0.29, 0.717) is 24.0 Å². The highest BCUT2D eigenvalue weighted by atomic mass is 33.1. The molecule has 1 aliphatic heterocycles. The van der Waals surface area contributed by atoms with Crippen LogP contribution >= 0.6 is 34.2 Å². The summed E-state index contributed by atoms with van der Waals surface area (Å²) in [7, 11) is 1.99. The predicted octanol–water partition coefficient (Wildman–Crippen LogP) is -0.279. The number of nitrogens with one attached hydrogen (secondary N) is 8. The Morgan fingerprint density at radius 1 is 0.770 bits per heavy atom. The summed E-state index contributed by atoms with van der Waals surface area (Å²) < 4.78 is -1.17. The number of amides is 8. The zero-order valence-corrected chi connectivity index (χ0v) is 43.8. The second-order valence-electron chi connectivity index (χ2n) is 18.6. The number of aliphatic hydroxyl groups is 1. The van der Waals surface area contributed by atoms with E-state index >= 15 is 0 Å². The smallest absolute Gasteiger partial charge is 0.245 e. The number of phenols is 1. The number of aromatic amines is 1. The van der Waals surface area contributed by atoms with Gasteiger partial charge in [-0.1, -0.05) is 82.3 Å². The summed E-state index contributed by atoms with van der Waals surface area (Å²) in [5.74, 6) is -7.39. The molecule has 1 fully saturated rings. The van der Waals surface area contributed by atoms with Gasteiger partial charge in [0.15, 0.2) is 0 Å². The fourth-order valence-corrected chi connectivity index (χ4v) is 10.5. The van der Waals surface area contributed by atoms with Crippen molar-refractivity contribution in [2.24, 2.45) is 17.2 Å². The minimum Gasteiger partial charge on any atom is -0.508 e. The summed E-state index contributed by atoms with van der Waals surface area (Å²) in [4.78, 5) is 116. The van der Waals surface area contributed by atoms with E-state index in [1.807, 2.05) is 24.3 Å². The van der Waals surface area contributed by atoms with Gasteiger partial charge in [-0.25, -0.2) is 0 Å². The Balaban J connectivity index is 1.59. The third-order valence-electron chi connectivity index (χ3n) is 12.1. The van der Waals surface area contributed by atoms with Crippen molar-refractivity contribution in [3.05, 3.63) is 102 Å². The molecule has 400 valence electrons. The molecule has 1 aromatic heterocycles. The lowest BCUT2D eigenvalue weighted by atomic mass is 10.0. The van der Waals surface area contributed by atoms with Crippen molar-refractivity contribution < 1.29 is 48.6 Å². The van der Waals surface area contributed by atoms with Gasteiger partial charge in [0.2, 0.25) is 47.3 Å². The van der Waals surface area contributed by atoms with Gasteiger partial charge in [0.1, 0.15) is 48.0 Å². The monoisotopic (exact) mass is 1080 g/mol. The van der Waals surface area contributed by atoms with Crippen LogP contribution in [0, 0.1) is 0 Å². The summed E-state index contributed by atoms with van der Waals surface area (Å²) in [6.45, 7) is 4.57. The summed E-state index contributed by atoms with van der Waals surface area (Å²) in [6.07, 6.45) is 0.729. The largest absolute Gasteiger partial charge is 0.508 e. The van der Waals surface area contributed by atoms with Crippen LogP contribution in [0.1, 0.15) is 56.7 Å². The van der Waals surface area contributed by atoms with E-state index in [0.717, 1.165) is 38.1 Å². The number of para-hydroxylation sites is 1. The molecule has 74 heavy (non-hydrogen) atoms. The van der Waals surface area contributed by atoms with Crippen LogP contribution in [0.5, 0.6) is 5.75 Å². The number of H-pyrrole nitrogens is 1. The van der Waals surface area contributed by atoms with Crippen LogP contribution in [0.4, 0.5) is 0 Å². The number of hydrogen-bond donors (Lipinski definition) is 14. The normalized spacial score (nSPS) is 22.1. The van der Waals surface area contributed by atoms with Crippen LogP contribution in [0.2, 0.25) is 0 Å². The van der Waals surface area contributed by atoms with Crippen LogP contribution in [-0.4, -0.2) is 140 Å². The number of carbonyl (C=O) groups is 8. The number of aromatic hydroxyl groups is 1. The fraction of sp³-hybridized carbons (Fsp3) is 0.440. The quantitative estimate of drug-likeness (QED) is 0.0368. The highest BCUT2D eigenvalue weighted by molar-refractivity contribution is 8.76. The van der Waals surface area contributed by atoms with E-state index in [2.05, 4.69) is 54.8 Å². The zero-order chi connectivity index (χ0) is 54.1. The molecule has 1 saturated heterocycles. The maximum absolute atomic E-state index is 14.8. The van der Waals surface area contributed by atoms with Crippen molar-refractivity contribution in [3.8, 4) is 5.75 Å². The van der Waals surface area contributed by atoms with E-state index in [4.69, 9.17) is 17.2 Å². The van der Waals surface area contributed by atoms with Crippen molar-refractivity contribution in [1.82, 2.24) is 42.2 Å². The molecule has 0 unspecified atom stereocenters. The zero-order valence-electron chi connectivity index (χ0n) is 41.3. The maximum Gasteiger partial charge on any atom is 0.245 e. The van der Waals surface area contributed by atoms with E-state index < -0.39 is 106 Å². The minimum absolute atomic E-state index is 0.00519. The molecule has 0 aliphatic carbocycles. The van der Waals surface area contributed by atoms with Crippen molar-refractivity contribution in [2.45, 2.75) is 118 Å². The molecular weight excluding hydrogens is 1010 g/mol. The van der Waals surface area contributed by atoms with E-state index in [9.17, 15) is 48.6 Å². The topological polar surface area (TPSA) is 355 Å².